The van der Waals surface area contributed by atoms with E-state index in [1.54, 1.807) is 24.3 Å². The van der Waals surface area contributed by atoms with Crippen LogP contribution in [0.3, 0.4) is 0 Å². The van der Waals surface area contributed by atoms with Gasteiger partial charge in [-0.2, -0.15) is 0 Å². The molecule has 0 saturated heterocycles. The number of hydrogen-bond donors (Lipinski definition) is 3. The molecular weight excluding hydrogens is 273 g/mol. The Kier molecular flexibility index (Phi) is 3.89. The molecule has 0 radical (unpaired) electrons. The summed E-state index contributed by atoms with van der Waals surface area (Å²) in [4.78, 5) is 23.3. The van der Waals surface area contributed by atoms with Gasteiger partial charge in [-0.1, -0.05) is 12.1 Å². The van der Waals surface area contributed by atoms with Gasteiger partial charge in [0.2, 0.25) is 5.91 Å². The molecule has 0 saturated carbocycles. The van der Waals surface area contributed by atoms with Crippen molar-refractivity contribution >= 4 is 23.2 Å². The molecule has 0 aromatic heterocycles. The smallest absolute Gasteiger partial charge is 0.257 e. The van der Waals surface area contributed by atoms with Gasteiger partial charge in [0, 0.05) is 22.5 Å². The van der Waals surface area contributed by atoms with Gasteiger partial charge in [0.25, 0.3) is 5.91 Å². The number of nitrogens with two attached hydrogens (primary N) is 2. The average molecular weight is 287 g/mol. The van der Waals surface area contributed by atoms with Crippen molar-refractivity contribution in [2.45, 2.75) is 6.92 Å². The van der Waals surface area contributed by atoms with Crippen LogP contribution in [-0.4, -0.2) is 11.8 Å². The summed E-state index contributed by atoms with van der Waals surface area (Å²) in [5.74, 6) is -1.89. The Labute approximate surface area is 120 Å². The summed E-state index contributed by atoms with van der Waals surface area (Å²) in [6.45, 7) is 1.49. The minimum atomic E-state index is -0.774. The van der Waals surface area contributed by atoms with Gasteiger partial charge in [-0.05, 0) is 31.2 Å². The molecule has 0 bridgehead atoms. The third-order valence-electron chi connectivity index (χ3n) is 3.08. The maximum atomic E-state index is 13.7. The first-order valence-electron chi connectivity index (χ1n) is 6.16. The molecule has 21 heavy (non-hydrogen) atoms. The highest BCUT2D eigenvalue weighted by Gasteiger charge is 2.14. The molecule has 2 rings (SSSR count). The fourth-order valence-corrected chi connectivity index (χ4v) is 1.84. The summed E-state index contributed by atoms with van der Waals surface area (Å²) in [6.07, 6.45) is 0. The van der Waals surface area contributed by atoms with Crippen LogP contribution in [-0.2, 0) is 0 Å². The molecular formula is C15H14FN3O2. The number of carbonyl (C=O) groups excluding carboxylic acids is 2. The van der Waals surface area contributed by atoms with E-state index in [4.69, 9.17) is 11.5 Å². The van der Waals surface area contributed by atoms with Crippen LogP contribution in [0.2, 0.25) is 0 Å². The van der Waals surface area contributed by atoms with Crippen LogP contribution in [0.15, 0.2) is 36.4 Å². The number of para-hydroxylation sites is 1. The molecule has 2 aromatic carbocycles. The summed E-state index contributed by atoms with van der Waals surface area (Å²) in [5, 5.41) is 2.54. The minimum Gasteiger partial charge on any atom is -0.398 e. The van der Waals surface area contributed by atoms with E-state index in [-0.39, 0.29) is 22.4 Å². The molecule has 2 amide bonds. The van der Waals surface area contributed by atoms with E-state index < -0.39 is 17.6 Å². The number of amides is 2. The number of hydrogen-bond acceptors (Lipinski definition) is 3. The van der Waals surface area contributed by atoms with Crippen molar-refractivity contribution in [1.82, 2.24) is 0 Å². The highest BCUT2D eigenvalue weighted by Crippen LogP contribution is 2.22. The fourth-order valence-electron chi connectivity index (χ4n) is 1.84. The summed E-state index contributed by atoms with van der Waals surface area (Å²) in [6, 6.07) is 8.86. The Bertz CT molecular complexity index is 729. The third-order valence-corrected chi connectivity index (χ3v) is 3.08. The van der Waals surface area contributed by atoms with Gasteiger partial charge >= 0.3 is 0 Å². The van der Waals surface area contributed by atoms with Crippen LogP contribution in [0.1, 0.15) is 26.3 Å². The van der Waals surface area contributed by atoms with Crippen LogP contribution in [0, 0.1) is 12.7 Å². The van der Waals surface area contributed by atoms with Crippen molar-refractivity contribution in [1.29, 1.82) is 0 Å². The second-order valence-electron chi connectivity index (χ2n) is 4.54. The van der Waals surface area contributed by atoms with Crippen LogP contribution in [0.25, 0.3) is 0 Å². The normalized spacial score (nSPS) is 10.2. The van der Waals surface area contributed by atoms with Gasteiger partial charge in [-0.15, -0.1) is 0 Å². The van der Waals surface area contributed by atoms with Crippen LogP contribution in [0.5, 0.6) is 0 Å². The molecule has 0 aliphatic carbocycles. The molecule has 0 unspecified atom stereocenters. The Hall–Kier alpha value is -2.89. The zero-order valence-electron chi connectivity index (χ0n) is 11.3. The number of nitrogens with one attached hydrogen (secondary N) is 1. The van der Waals surface area contributed by atoms with E-state index in [0.29, 0.717) is 5.69 Å². The van der Waals surface area contributed by atoms with Crippen molar-refractivity contribution in [3.05, 3.63) is 58.9 Å². The highest BCUT2D eigenvalue weighted by molar-refractivity contribution is 6.08. The summed E-state index contributed by atoms with van der Waals surface area (Å²) in [5.41, 5.74) is 11.8. The number of anilines is 2. The zero-order valence-corrected chi connectivity index (χ0v) is 11.3. The van der Waals surface area contributed by atoms with Gasteiger partial charge in [0.1, 0.15) is 5.82 Å². The van der Waals surface area contributed by atoms with Gasteiger partial charge < -0.3 is 16.8 Å². The minimum absolute atomic E-state index is 0.0190. The Morgan fingerprint density at radius 2 is 1.86 bits per heavy atom. The van der Waals surface area contributed by atoms with Crippen molar-refractivity contribution in [3.63, 3.8) is 0 Å². The lowest BCUT2D eigenvalue weighted by Crippen LogP contribution is -2.17. The first-order valence-corrected chi connectivity index (χ1v) is 6.16. The van der Waals surface area contributed by atoms with E-state index in [2.05, 4.69) is 5.32 Å². The Balaban J connectivity index is 2.38. The van der Waals surface area contributed by atoms with Crippen LogP contribution < -0.4 is 16.8 Å². The van der Waals surface area contributed by atoms with E-state index >= 15 is 0 Å². The molecule has 0 aliphatic rings. The Morgan fingerprint density at radius 3 is 2.48 bits per heavy atom. The highest BCUT2D eigenvalue weighted by atomic mass is 19.1. The number of benzene rings is 2. The van der Waals surface area contributed by atoms with Crippen LogP contribution >= 0.6 is 0 Å². The zero-order chi connectivity index (χ0) is 15.6. The quantitative estimate of drug-likeness (QED) is 0.753. The van der Waals surface area contributed by atoms with Crippen molar-refractivity contribution in [2.24, 2.45) is 5.73 Å². The predicted octanol–water partition coefficient (Wildman–Crippen LogP) is 2.07. The number of carbonyl (C=O) groups is 2. The lowest BCUT2D eigenvalue weighted by Gasteiger charge is -2.11. The third kappa shape index (κ3) is 3.00. The molecule has 6 heteroatoms. The van der Waals surface area contributed by atoms with E-state index in [1.165, 1.54) is 13.0 Å². The van der Waals surface area contributed by atoms with Gasteiger partial charge in [-0.3, -0.25) is 9.59 Å². The van der Waals surface area contributed by atoms with Crippen molar-refractivity contribution < 1.29 is 14.0 Å². The van der Waals surface area contributed by atoms with Crippen molar-refractivity contribution in [2.75, 3.05) is 11.1 Å². The standard InChI is InChI=1S/C15H14FN3O2/c1-8-11(16)6-9(14(18)20)7-13(8)19-15(21)10-4-2-3-5-12(10)17/h2-7H,17H2,1H3,(H2,18,20)(H,19,21). The average Bonchev–Trinajstić information content (AvgIpc) is 2.43. The number of nitrogen functional groups attached to an aromatic ring is 1. The molecule has 0 atom stereocenters. The molecule has 0 aliphatic heterocycles. The largest absolute Gasteiger partial charge is 0.398 e. The SMILES string of the molecule is Cc1c(F)cc(C(N)=O)cc1NC(=O)c1ccccc1N. The van der Waals surface area contributed by atoms with Crippen LogP contribution in [0.4, 0.5) is 15.8 Å². The van der Waals surface area contributed by atoms with E-state index in [9.17, 15) is 14.0 Å². The lowest BCUT2D eigenvalue weighted by atomic mass is 10.1. The van der Waals surface area contributed by atoms with Gasteiger partial charge in [-0.25, -0.2) is 4.39 Å². The summed E-state index contributed by atoms with van der Waals surface area (Å²) < 4.78 is 13.7. The van der Waals surface area contributed by atoms with E-state index in [1.807, 2.05) is 0 Å². The molecule has 2 aromatic rings. The molecule has 5 N–H and O–H groups in total. The first kappa shape index (κ1) is 14.5. The molecule has 0 fully saturated rings. The lowest BCUT2D eigenvalue weighted by molar-refractivity contribution is 0.0995. The second-order valence-corrected chi connectivity index (χ2v) is 4.54. The maximum Gasteiger partial charge on any atom is 0.257 e. The number of primary amides is 1. The summed E-state index contributed by atoms with van der Waals surface area (Å²) in [7, 11) is 0. The maximum absolute atomic E-state index is 13.7. The summed E-state index contributed by atoms with van der Waals surface area (Å²) >= 11 is 0. The van der Waals surface area contributed by atoms with Crippen molar-refractivity contribution in [3.8, 4) is 0 Å². The van der Waals surface area contributed by atoms with Gasteiger partial charge in [0.15, 0.2) is 0 Å². The number of rotatable bonds is 3. The first-order chi connectivity index (χ1) is 9.90. The molecule has 5 nitrogen and oxygen atoms in total. The molecule has 0 heterocycles. The Morgan fingerprint density at radius 1 is 1.19 bits per heavy atom. The molecule has 108 valence electrons. The second kappa shape index (κ2) is 5.62. The van der Waals surface area contributed by atoms with Gasteiger partial charge in [0.05, 0.1) is 5.56 Å². The number of halogens is 1. The predicted molar refractivity (Wildman–Crippen MR) is 78.5 cm³/mol. The monoisotopic (exact) mass is 287 g/mol. The topological polar surface area (TPSA) is 98.2 Å². The molecule has 0 spiro atoms. The fraction of sp³-hybridized carbons (Fsp3) is 0.0667. The van der Waals surface area contributed by atoms with E-state index in [0.717, 1.165) is 6.07 Å².